The molecule has 0 spiro atoms. The number of carbonyl (C=O) groups excluding carboxylic acids is 3. The first-order valence-corrected chi connectivity index (χ1v) is 11.3. The van der Waals surface area contributed by atoms with Gasteiger partial charge in [-0.1, -0.05) is 35.9 Å². The maximum atomic E-state index is 13.1. The predicted molar refractivity (Wildman–Crippen MR) is 127 cm³/mol. The Bertz CT molecular complexity index is 1040. The van der Waals surface area contributed by atoms with Crippen LogP contribution in [0.25, 0.3) is 0 Å². The van der Waals surface area contributed by atoms with Crippen molar-refractivity contribution in [3.05, 3.63) is 53.6 Å². The molecule has 174 valence electrons. The highest BCUT2D eigenvalue weighted by Crippen LogP contribution is 2.33. The normalized spacial score (nSPS) is 19.0. The van der Waals surface area contributed by atoms with E-state index in [2.05, 4.69) is 5.32 Å². The van der Waals surface area contributed by atoms with Gasteiger partial charge in [0.15, 0.2) is 0 Å². The fraction of sp³-hybridized carbons (Fsp3) is 0.375. The first-order valence-electron chi connectivity index (χ1n) is 10.9. The molecule has 2 saturated heterocycles. The standard InChI is InChI=1S/C24H27ClN4O4/c1-33-21-9-5-4-8-20(21)29-15-17(14-23(29)31)24(32)28-12-10-27(11-13-28)16-22(30)26-19-7-3-2-6-18(19)25/h2-9,17H,10-16H2,1H3,(H,26,30). The van der Waals surface area contributed by atoms with E-state index >= 15 is 0 Å². The number of nitrogens with one attached hydrogen (secondary N) is 1. The molecule has 2 heterocycles. The molecule has 0 saturated carbocycles. The van der Waals surface area contributed by atoms with E-state index in [0.29, 0.717) is 54.9 Å². The van der Waals surface area contributed by atoms with Crippen LogP contribution in [0.5, 0.6) is 5.75 Å². The Hall–Kier alpha value is -3.10. The number of amides is 3. The van der Waals surface area contributed by atoms with Crippen LogP contribution in [0.1, 0.15) is 6.42 Å². The summed E-state index contributed by atoms with van der Waals surface area (Å²) in [6, 6.07) is 14.4. The fourth-order valence-corrected chi connectivity index (χ4v) is 4.48. The number of carbonyl (C=O) groups is 3. The lowest BCUT2D eigenvalue weighted by molar-refractivity contribution is -0.137. The largest absolute Gasteiger partial charge is 0.495 e. The Balaban J connectivity index is 1.28. The highest BCUT2D eigenvalue weighted by molar-refractivity contribution is 6.33. The summed E-state index contributed by atoms with van der Waals surface area (Å²) < 4.78 is 5.37. The van der Waals surface area contributed by atoms with Gasteiger partial charge in [0.25, 0.3) is 0 Å². The quantitative estimate of drug-likeness (QED) is 0.701. The number of para-hydroxylation sites is 3. The zero-order valence-corrected chi connectivity index (χ0v) is 19.3. The van der Waals surface area contributed by atoms with Crippen molar-refractivity contribution in [3.63, 3.8) is 0 Å². The summed E-state index contributed by atoms with van der Waals surface area (Å²) in [4.78, 5) is 43.5. The molecule has 2 aliphatic rings. The van der Waals surface area contributed by atoms with Gasteiger partial charge in [0.1, 0.15) is 5.75 Å². The molecule has 2 aromatic carbocycles. The van der Waals surface area contributed by atoms with Crippen LogP contribution in [0.15, 0.2) is 48.5 Å². The summed E-state index contributed by atoms with van der Waals surface area (Å²) in [7, 11) is 1.57. The molecule has 0 aliphatic carbocycles. The Morgan fingerprint density at radius 2 is 1.76 bits per heavy atom. The predicted octanol–water partition coefficient (Wildman–Crippen LogP) is 2.48. The van der Waals surface area contributed by atoms with Crippen molar-refractivity contribution in [1.82, 2.24) is 9.80 Å². The molecular weight excluding hydrogens is 444 g/mol. The average Bonchev–Trinajstić information content (AvgIpc) is 3.22. The Morgan fingerprint density at radius 3 is 2.48 bits per heavy atom. The maximum Gasteiger partial charge on any atom is 0.238 e. The Morgan fingerprint density at radius 1 is 1.06 bits per heavy atom. The van der Waals surface area contributed by atoms with Crippen molar-refractivity contribution in [3.8, 4) is 5.75 Å². The number of anilines is 2. The molecule has 9 heteroatoms. The summed E-state index contributed by atoms with van der Waals surface area (Å²) in [5.74, 6) is 0.00507. The second-order valence-electron chi connectivity index (χ2n) is 8.21. The highest BCUT2D eigenvalue weighted by atomic mass is 35.5. The minimum Gasteiger partial charge on any atom is -0.495 e. The van der Waals surface area contributed by atoms with Crippen LogP contribution in [0.2, 0.25) is 5.02 Å². The monoisotopic (exact) mass is 470 g/mol. The summed E-state index contributed by atoms with van der Waals surface area (Å²) in [5.41, 5.74) is 1.28. The number of methoxy groups -OCH3 is 1. The molecule has 0 bridgehead atoms. The summed E-state index contributed by atoms with van der Waals surface area (Å²) in [5, 5.41) is 3.32. The topological polar surface area (TPSA) is 82.2 Å². The maximum absolute atomic E-state index is 13.1. The summed E-state index contributed by atoms with van der Waals surface area (Å²) >= 11 is 6.10. The molecule has 2 fully saturated rings. The van der Waals surface area contributed by atoms with E-state index in [1.54, 1.807) is 35.1 Å². The van der Waals surface area contributed by atoms with E-state index in [1.165, 1.54) is 0 Å². The highest BCUT2D eigenvalue weighted by Gasteiger charge is 2.38. The fourth-order valence-electron chi connectivity index (χ4n) is 4.30. The smallest absolute Gasteiger partial charge is 0.238 e. The second kappa shape index (κ2) is 10.2. The van der Waals surface area contributed by atoms with Gasteiger partial charge in [0.2, 0.25) is 17.7 Å². The zero-order valence-electron chi connectivity index (χ0n) is 18.5. The van der Waals surface area contributed by atoms with Crippen LogP contribution < -0.4 is 15.0 Å². The van der Waals surface area contributed by atoms with Crippen molar-refractivity contribution < 1.29 is 19.1 Å². The molecule has 4 rings (SSSR count). The van der Waals surface area contributed by atoms with Gasteiger partial charge in [-0.05, 0) is 24.3 Å². The Labute approximate surface area is 198 Å². The lowest BCUT2D eigenvalue weighted by atomic mass is 10.1. The molecule has 8 nitrogen and oxygen atoms in total. The number of nitrogens with zero attached hydrogens (tertiary/aromatic N) is 3. The molecule has 1 atom stereocenters. The third-order valence-electron chi connectivity index (χ3n) is 6.05. The molecule has 0 aromatic heterocycles. The number of benzene rings is 2. The third-order valence-corrected chi connectivity index (χ3v) is 6.38. The molecule has 1 N–H and O–H groups in total. The summed E-state index contributed by atoms with van der Waals surface area (Å²) in [6.45, 7) is 2.82. The first-order chi connectivity index (χ1) is 16.0. The SMILES string of the molecule is COc1ccccc1N1CC(C(=O)N2CCN(CC(=O)Nc3ccccc3Cl)CC2)CC1=O. The van der Waals surface area contributed by atoms with Gasteiger partial charge in [-0.15, -0.1) is 0 Å². The van der Waals surface area contributed by atoms with E-state index in [1.807, 2.05) is 35.2 Å². The summed E-state index contributed by atoms with van der Waals surface area (Å²) in [6.07, 6.45) is 0.192. The molecule has 2 aliphatic heterocycles. The van der Waals surface area contributed by atoms with Crippen molar-refractivity contribution >= 4 is 40.7 Å². The molecule has 0 radical (unpaired) electrons. The number of halogens is 1. The van der Waals surface area contributed by atoms with E-state index < -0.39 is 0 Å². The number of hydrogen-bond acceptors (Lipinski definition) is 5. The number of rotatable bonds is 6. The third kappa shape index (κ3) is 5.29. The van der Waals surface area contributed by atoms with Crippen LogP contribution in [0, 0.1) is 5.92 Å². The lowest BCUT2D eigenvalue weighted by Gasteiger charge is -2.35. The van der Waals surface area contributed by atoms with Gasteiger partial charge in [-0.3, -0.25) is 19.3 Å². The molecule has 33 heavy (non-hydrogen) atoms. The molecule has 2 aromatic rings. The van der Waals surface area contributed by atoms with Crippen molar-refractivity contribution in [2.24, 2.45) is 5.92 Å². The molecule has 3 amide bonds. The van der Waals surface area contributed by atoms with Crippen LogP contribution in [0.4, 0.5) is 11.4 Å². The van der Waals surface area contributed by atoms with Gasteiger partial charge in [-0.2, -0.15) is 0 Å². The van der Waals surface area contributed by atoms with Crippen molar-refractivity contribution in [1.29, 1.82) is 0 Å². The van der Waals surface area contributed by atoms with E-state index in [4.69, 9.17) is 16.3 Å². The van der Waals surface area contributed by atoms with E-state index in [0.717, 1.165) is 0 Å². The van der Waals surface area contributed by atoms with E-state index in [9.17, 15) is 14.4 Å². The number of ether oxygens (including phenoxy) is 1. The zero-order chi connectivity index (χ0) is 23.4. The Kier molecular flexibility index (Phi) is 7.15. The molecular formula is C24H27ClN4O4. The van der Waals surface area contributed by atoms with Crippen LogP contribution in [0.3, 0.4) is 0 Å². The van der Waals surface area contributed by atoms with E-state index in [-0.39, 0.29) is 36.6 Å². The number of piperazine rings is 1. The minimum absolute atomic E-state index is 0.0130. The lowest BCUT2D eigenvalue weighted by Crippen LogP contribution is -2.52. The van der Waals surface area contributed by atoms with Gasteiger partial charge in [0.05, 0.1) is 36.0 Å². The first kappa shape index (κ1) is 23.1. The number of hydrogen-bond donors (Lipinski definition) is 1. The van der Waals surface area contributed by atoms with Crippen LogP contribution in [-0.4, -0.2) is 73.9 Å². The van der Waals surface area contributed by atoms with Gasteiger partial charge < -0.3 is 19.9 Å². The van der Waals surface area contributed by atoms with Crippen LogP contribution in [-0.2, 0) is 14.4 Å². The second-order valence-corrected chi connectivity index (χ2v) is 8.61. The van der Waals surface area contributed by atoms with Crippen molar-refractivity contribution in [2.45, 2.75) is 6.42 Å². The van der Waals surface area contributed by atoms with Crippen molar-refractivity contribution in [2.75, 3.05) is 56.6 Å². The average molecular weight is 471 g/mol. The molecule has 1 unspecified atom stereocenters. The van der Waals surface area contributed by atoms with Gasteiger partial charge in [0, 0.05) is 39.1 Å². The van der Waals surface area contributed by atoms with Gasteiger partial charge in [-0.25, -0.2) is 0 Å². The van der Waals surface area contributed by atoms with Crippen LogP contribution >= 0.6 is 11.6 Å². The minimum atomic E-state index is -0.377. The van der Waals surface area contributed by atoms with Gasteiger partial charge >= 0.3 is 0 Å².